The Morgan fingerprint density at radius 2 is 1.71 bits per heavy atom. The van der Waals surface area contributed by atoms with E-state index in [-0.39, 0.29) is 11.9 Å². The number of carbonyl (C=O) groups is 1. The molecule has 0 spiro atoms. The summed E-state index contributed by atoms with van der Waals surface area (Å²) in [5, 5.41) is 2.61. The highest BCUT2D eigenvalue weighted by atomic mass is 16.1. The molecule has 3 nitrogen and oxygen atoms in total. The van der Waals surface area contributed by atoms with Gasteiger partial charge in [-0.2, -0.15) is 0 Å². The largest absolute Gasteiger partial charge is 0.359 e. The molecule has 0 aliphatic carbocycles. The Morgan fingerprint density at radius 1 is 1.24 bits per heavy atom. The van der Waals surface area contributed by atoms with Gasteiger partial charge in [0.2, 0.25) is 5.91 Å². The Labute approximate surface area is 103 Å². The smallest absolute Gasteiger partial charge is 0.221 e. The molecule has 0 heterocycles. The van der Waals surface area contributed by atoms with Gasteiger partial charge in [0.1, 0.15) is 0 Å². The van der Waals surface area contributed by atoms with E-state index in [1.165, 1.54) is 22.3 Å². The molecule has 0 aromatic heterocycles. The lowest BCUT2D eigenvalue weighted by Gasteiger charge is -2.20. The summed E-state index contributed by atoms with van der Waals surface area (Å²) in [4.78, 5) is 11.4. The van der Waals surface area contributed by atoms with Gasteiger partial charge in [-0.3, -0.25) is 4.79 Å². The number of hydrogen-bond donors (Lipinski definition) is 2. The first-order valence-electron chi connectivity index (χ1n) is 5.92. The van der Waals surface area contributed by atoms with Gasteiger partial charge in [-0.25, -0.2) is 0 Å². The van der Waals surface area contributed by atoms with Crippen molar-refractivity contribution in [3.63, 3.8) is 0 Å². The van der Waals surface area contributed by atoms with Gasteiger partial charge in [0.15, 0.2) is 0 Å². The maximum absolute atomic E-state index is 11.4. The maximum Gasteiger partial charge on any atom is 0.221 e. The summed E-state index contributed by atoms with van der Waals surface area (Å²) < 4.78 is 0. The van der Waals surface area contributed by atoms with Crippen molar-refractivity contribution in [1.29, 1.82) is 0 Å². The van der Waals surface area contributed by atoms with Crippen LogP contribution in [0.5, 0.6) is 0 Å². The van der Waals surface area contributed by atoms with Crippen LogP contribution in [0.15, 0.2) is 6.07 Å². The first-order valence-corrected chi connectivity index (χ1v) is 5.92. The molecular weight excluding hydrogens is 212 g/mol. The van der Waals surface area contributed by atoms with E-state index in [9.17, 15) is 4.79 Å². The summed E-state index contributed by atoms with van der Waals surface area (Å²) in [5.41, 5.74) is 12.1. The monoisotopic (exact) mass is 234 g/mol. The van der Waals surface area contributed by atoms with Crippen molar-refractivity contribution >= 4 is 5.91 Å². The topological polar surface area (TPSA) is 55.1 Å². The fourth-order valence-corrected chi connectivity index (χ4v) is 2.21. The van der Waals surface area contributed by atoms with Gasteiger partial charge in [0.25, 0.3) is 0 Å². The van der Waals surface area contributed by atoms with Gasteiger partial charge in [-0.05, 0) is 55.5 Å². The van der Waals surface area contributed by atoms with Crippen molar-refractivity contribution in [2.24, 2.45) is 5.73 Å². The van der Waals surface area contributed by atoms with E-state index in [4.69, 9.17) is 5.73 Å². The minimum Gasteiger partial charge on any atom is -0.359 e. The second-order valence-electron chi connectivity index (χ2n) is 4.66. The van der Waals surface area contributed by atoms with Crippen LogP contribution < -0.4 is 11.1 Å². The minimum absolute atomic E-state index is 0.0181. The normalized spacial score (nSPS) is 12.4. The highest BCUT2D eigenvalue weighted by Crippen LogP contribution is 2.27. The third-order valence-electron chi connectivity index (χ3n) is 3.48. The van der Waals surface area contributed by atoms with Gasteiger partial charge >= 0.3 is 0 Å². The van der Waals surface area contributed by atoms with E-state index < -0.39 is 0 Å². The molecule has 0 aliphatic heterocycles. The summed E-state index contributed by atoms with van der Waals surface area (Å²) in [7, 11) is 1.64. The number of amides is 1. The SMILES string of the molecule is CNC(=O)CC(N)c1c(C)c(C)cc(C)c1C. The fourth-order valence-electron chi connectivity index (χ4n) is 2.21. The number of rotatable bonds is 3. The second-order valence-corrected chi connectivity index (χ2v) is 4.66. The van der Waals surface area contributed by atoms with Crippen molar-refractivity contribution in [1.82, 2.24) is 5.32 Å². The van der Waals surface area contributed by atoms with E-state index in [0.717, 1.165) is 5.56 Å². The summed E-state index contributed by atoms with van der Waals surface area (Å²) in [6.45, 7) is 8.30. The molecule has 1 aromatic carbocycles. The van der Waals surface area contributed by atoms with Crippen LogP contribution in [0.3, 0.4) is 0 Å². The molecule has 3 heteroatoms. The predicted octanol–water partition coefficient (Wildman–Crippen LogP) is 2.06. The Bertz CT molecular complexity index is 412. The van der Waals surface area contributed by atoms with Gasteiger partial charge in [-0.1, -0.05) is 6.07 Å². The van der Waals surface area contributed by atoms with Crippen LogP contribution in [0.1, 0.15) is 40.3 Å². The van der Waals surface area contributed by atoms with E-state index in [1.54, 1.807) is 7.05 Å². The third kappa shape index (κ3) is 2.86. The fraction of sp³-hybridized carbons (Fsp3) is 0.500. The molecule has 0 bridgehead atoms. The zero-order chi connectivity index (χ0) is 13.2. The molecule has 1 unspecified atom stereocenters. The van der Waals surface area contributed by atoms with E-state index in [1.807, 2.05) is 0 Å². The quantitative estimate of drug-likeness (QED) is 0.841. The standard InChI is InChI=1S/C14H22N2O/c1-8-6-9(2)11(4)14(10(8)3)12(15)7-13(17)16-5/h6,12H,7,15H2,1-5H3,(H,16,17). The molecule has 1 atom stereocenters. The second kappa shape index (κ2) is 5.32. The molecule has 1 rings (SSSR count). The molecule has 17 heavy (non-hydrogen) atoms. The molecule has 0 radical (unpaired) electrons. The lowest BCUT2D eigenvalue weighted by molar-refractivity contribution is -0.120. The Balaban J connectivity index is 3.16. The summed E-state index contributed by atoms with van der Waals surface area (Å²) >= 11 is 0. The van der Waals surface area contributed by atoms with Crippen molar-refractivity contribution in [3.8, 4) is 0 Å². The molecule has 0 fully saturated rings. The number of carbonyl (C=O) groups excluding carboxylic acids is 1. The third-order valence-corrected chi connectivity index (χ3v) is 3.48. The van der Waals surface area contributed by atoms with Crippen LogP contribution in [-0.4, -0.2) is 13.0 Å². The summed E-state index contributed by atoms with van der Waals surface area (Å²) in [6.07, 6.45) is 0.334. The molecular formula is C14H22N2O. The lowest BCUT2D eigenvalue weighted by atomic mass is 9.89. The van der Waals surface area contributed by atoms with Crippen LogP contribution in [-0.2, 0) is 4.79 Å². The van der Waals surface area contributed by atoms with Crippen molar-refractivity contribution in [2.45, 2.75) is 40.2 Å². The zero-order valence-corrected chi connectivity index (χ0v) is 11.3. The number of benzene rings is 1. The molecule has 94 valence electrons. The Morgan fingerprint density at radius 3 is 2.12 bits per heavy atom. The molecule has 0 saturated heterocycles. The van der Waals surface area contributed by atoms with Gasteiger partial charge in [0.05, 0.1) is 0 Å². The van der Waals surface area contributed by atoms with E-state index >= 15 is 0 Å². The number of nitrogens with two attached hydrogens (primary N) is 1. The Hall–Kier alpha value is -1.35. The van der Waals surface area contributed by atoms with Gasteiger partial charge in [-0.15, -0.1) is 0 Å². The first kappa shape index (κ1) is 13.7. The van der Waals surface area contributed by atoms with Gasteiger partial charge in [0, 0.05) is 19.5 Å². The number of hydrogen-bond acceptors (Lipinski definition) is 2. The summed E-state index contributed by atoms with van der Waals surface area (Å²) in [5.74, 6) is -0.0181. The van der Waals surface area contributed by atoms with Crippen molar-refractivity contribution in [3.05, 3.63) is 33.9 Å². The number of nitrogens with one attached hydrogen (secondary N) is 1. The highest BCUT2D eigenvalue weighted by molar-refractivity contribution is 5.76. The molecule has 0 aliphatic rings. The first-order chi connectivity index (χ1) is 7.88. The van der Waals surface area contributed by atoms with E-state index in [0.29, 0.717) is 6.42 Å². The molecule has 0 saturated carbocycles. The van der Waals surface area contributed by atoms with Crippen LogP contribution in [0, 0.1) is 27.7 Å². The van der Waals surface area contributed by atoms with Crippen molar-refractivity contribution < 1.29 is 4.79 Å². The van der Waals surface area contributed by atoms with Gasteiger partial charge < -0.3 is 11.1 Å². The number of aryl methyl sites for hydroxylation is 2. The average molecular weight is 234 g/mol. The van der Waals surface area contributed by atoms with Crippen LogP contribution in [0.4, 0.5) is 0 Å². The predicted molar refractivity (Wildman–Crippen MR) is 71.0 cm³/mol. The van der Waals surface area contributed by atoms with Crippen LogP contribution >= 0.6 is 0 Å². The summed E-state index contributed by atoms with van der Waals surface area (Å²) in [6, 6.07) is 1.94. The molecule has 1 aromatic rings. The minimum atomic E-state index is -0.228. The lowest BCUT2D eigenvalue weighted by Crippen LogP contribution is -2.25. The maximum atomic E-state index is 11.4. The average Bonchev–Trinajstić information content (AvgIpc) is 2.26. The van der Waals surface area contributed by atoms with Crippen LogP contribution in [0.2, 0.25) is 0 Å². The molecule has 1 amide bonds. The van der Waals surface area contributed by atoms with Crippen LogP contribution in [0.25, 0.3) is 0 Å². The zero-order valence-electron chi connectivity index (χ0n) is 11.3. The highest BCUT2D eigenvalue weighted by Gasteiger charge is 2.17. The van der Waals surface area contributed by atoms with Crippen molar-refractivity contribution in [2.75, 3.05) is 7.05 Å². The van der Waals surface area contributed by atoms with E-state index in [2.05, 4.69) is 39.1 Å². The Kier molecular flexibility index (Phi) is 4.29. The molecule has 3 N–H and O–H groups in total.